The fraction of sp³-hybridized carbons (Fsp3) is 0.200. The number of thiocarbonyl (C=S) groups is 1. The lowest BCUT2D eigenvalue weighted by molar-refractivity contribution is 0.0974. The van der Waals surface area contributed by atoms with E-state index in [9.17, 15) is 4.79 Å². The van der Waals surface area contributed by atoms with Gasteiger partial charge in [-0.2, -0.15) is 4.80 Å². The van der Waals surface area contributed by atoms with Crippen LogP contribution in [-0.4, -0.2) is 33.1 Å². The molecular formula is C25H25N5O2S. The molecule has 4 aromatic rings. The number of hydrogen-bond donors (Lipinski definition) is 2. The van der Waals surface area contributed by atoms with Gasteiger partial charge in [-0.25, -0.2) is 0 Å². The van der Waals surface area contributed by atoms with Gasteiger partial charge < -0.3 is 10.1 Å². The average molecular weight is 460 g/mol. The van der Waals surface area contributed by atoms with Crippen molar-refractivity contribution in [2.45, 2.75) is 27.2 Å². The lowest BCUT2D eigenvalue weighted by atomic mass is 10.1. The second-order valence-corrected chi connectivity index (χ2v) is 8.14. The van der Waals surface area contributed by atoms with Crippen LogP contribution < -0.4 is 15.4 Å². The van der Waals surface area contributed by atoms with Crippen LogP contribution in [0, 0.1) is 13.8 Å². The third kappa shape index (κ3) is 4.70. The molecule has 0 unspecified atom stereocenters. The van der Waals surface area contributed by atoms with Crippen molar-refractivity contribution >= 4 is 40.0 Å². The van der Waals surface area contributed by atoms with Gasteiger partial charge in [0, 0.05) is 5.69 Å². The molecular weight excluding hydrogens is 434 g/mol. The highest BCUT2D eigenvalue weighted by molar-refractivity contribution is 7.80. The molecule has 0 aliphatic carbocycles. The highest BCUT2D eigenvalue weighted by Gasteiger charge is 2.16. The van der Waals surface area contributed by atoms with Crippen molar-refractivity contribution in [2.75, 3.05) is 12.4 Å². The zero-order valence-corrected chi connectivity index (χ0v) is 19.8. The van der Waals surface area contributed by atoms with Crippen molar-refractivity contribution in [3.8, 4) is 11.4 Å². The number of aromatic nitrogens is 3. The topological polar surface area (TPSA) is 81.1 Å². The highest BCUT2D eigenvalue weighted by atomic mass is 32.1. The van der Waals surface area contributed by atoms with Crippen LogP contribution in [-0.2, 0) is 6.42 Å². The summed E-state index contributed by atoms with van der Waals surface area (Å²) >= 11 is 5.39. The van der Waals surface area contributed by atoms with Gasteiger partial charge in [-0.05, 0) is 79.5 Å². The first kappa shape index (κ1) is 22.4. The SMILES string of the molecule is CCc1ccc(-n2nc3cc(C)c(NC(=S)NC(=O)c4cccc(C)c4OC)cc3n2)cc1. The van der Waals surface area contributed by atoms with E-state index in [1.54, 1.807) is 24.0 Å². The third-order valence-electron chi connectivity index (χ3n) is 5.44. The Bertz CT molecular complexity index is 1350. The van der Waals surface area contributed by atoms with E-state index < -0.39 is 0 Å². The highest BCUT2D eigenvalue weighted by Crippen LogP contribution is 2.24. The van der Waals surface area contributed by atoms with E-state index in [-0.39, 0.29) is 11.0 Å². The first-order valence-electron chi connectivity index (χ1n) is 10.6. The largest absolute Gasteiger partial charge is 0.496 e. The maximum absolute atomic E-state index is 12.7. The van der Waals surface area contributed by atoms with Gasteiger partial charge in [0.1, 0.15) is 16.8 Å². The number of carbonyl (C=O) groups is 1. The second-order valence-electron chi connectivity index (χ2n) is 7.73. The molecule has 0 aliphatic heterocycles. The third-order valence-corrected chi connectivity index (χ3v) is 5.64. The number of para-hydroxylation sites is 1. The van der Waals surface area contributed by atoms with E-state index in [4.69, 9.17) is 17.0 Å². The average Bonchev–Trinajstić information content (AvgIpc) is 3.21. The summed E-state index contributed by atoms with van der Waals surface area (Å²) in [7, 11) is 1.54. The number of nitrogens with one attached hydrogen (secondary N) is 2. The Morgan fingerprint density at radius 2 is 1.73 bits per heavy atom. The number of fused-ring (bicyclic) bond motifs is 1. The van der Waals surface area contributed by atoms with Crippen molar-refractivity contribution in [1.29, 1.82) is 0 Å². The molecule has 33 heavy (non-hydrogen) atoms. The maximum Gasteiger partial charge on any atom is 0.261 e. The van der Waals surface area contributed by atoms with Gasteiger partial charge in [-0.3, -0.25) is 10.1 Å². The monoisotopic (exact) mass is 459 g/mol. The molecule has 0 spiro atoms. The van der Waals surface area contributed by atoms with Crippen molar-refractivity contribution in [3.63, 3.8) is 0 Å². The molecule has 0 saturated carbocycles. The number of rotatable bonds is 5. The Balaban J connectivity index is 1.53. The Kier molecular flexibility index (Phi) is 6.37. The van der Waals surface area contributed by atoms with Crippen LogP contribution in [0.5, 0.6) is 5.75 Å². The van der Waals surface area contributed by atoms with E-state index in [0.717, 1.165) is 40.0 Å². The van der Waals surface area contributed by atoms with Crippen LogP contribution in [0.1, 0.15) is 34.0 Å². The van der Waals surface area contributed by atoms with Gasteiger partial charge in [0.15, 0.2) is 5.11 Å². The van der Waals surface area contributed by atoms with E-state index in [1.807, 2.05) is 44.2 Å². The van der Waals surface area contributed by atoms with E-state index in [1.165, 1.54) is 5.56 Å². The minimum absolute atomic E-state index is 0.188. The first-order valence-corrected chi connectivity index (χ1v) is 11.0. The zero-order chi connectivity index (χ0) is 23.5. The fourth-order valence-electron chi connectivity index (χ4n) is 3.61. The molecule has 8 heteroatoms. The van der Waals surface area contributed by atoms with Crippen LogP contribution in [0.25, 0.3) is 16.7 Å². The predicted molar refractivity (Wildman–Crippen MR) is 134 cm³/mol. The zero-order valence-electron chi connectivity index (χ0n) is 19.0. The summed E-state index contributed by atoms with van der Waals surface area (Å²) in [6.07, 6.45) is 0.982. The Morgan fingerprint density at radius 1 is 1.03 bits per heavy atom. The molecule has 0 bridgehead atoms. The summed E-state index contributed by atoms with van der Waals surface area (Å²) in [4.78, 5) is 14.4. The fourth-order valence-corrected chi connectivity index (χ4v) is 3.81. The summed E-state index contributed by atoms with van der Waals surface area (Å²) in [5.41, 5.74) is 6.62. The van der Waals surface area contributed by atoms with Gasteiger partial charge in [0.05, 0.1) is 18.4 Å². The smallest absolute Gasteiger partial charge is 0.261 e. The van der Waals surface area contributed by atoms with E-state index in [2.05, 4.69) is 39.9 Å². The molecule has 7 nitrogen and oxygen atoms in total. The van der Waals surface area contributed by atoms with Crippen molar-refractivity contribution in [1.82, 2.24) is 20.3 Å². The first-order chi connectivity index (χ1) is 15.9. The molecule has 4 rings (SSSR count). The number of hydrogen-bond acceptors (Lipinski definition) is 5. The molecule has 3 aromatic carbocycles. The Labute approximate surface area is 197 Å². The summed E-state index contributed by atoms with van der Waals surface area (Å²) in [5, 5.41) is 15.2. The molecule has 1 aromatic heterocycles. The minimum Gasteiger partial charge on any atom is -0.496 e. The van der Waals surface area contributed by atoms with Crippen molar-refractivity contribution in [3.05, 3.63) is 76.9 Å². The van der Waals surface area contributed by atoms with Crippen LogP contribution in [0.4, 0.5) is 5.69 Å². The maximum atomic E-state index is 12.7. The number of carbonyl (C=O) groups excluding carboxylic acids is 1. The minimum atomic E-state index is -0.340. The number of nitrogens with zero attached hydrogens (tertiary/aromatic N) is 3. The molecule has 168 valence electrons. The van der Waals surface area contributed by atoms with Gasteiger partial charge in [0.2, 0.25) is 0 Å². The van der Waals surface area contributed by atoms with Gasteiger partial charge >= 0.3 is 0 Å². The number of benzene rings is 3. The summed E-state index contributed by atoms with van der Waals surface area (Å²) in [5.74, 6) is 0.187. The van der Waals surface area contributed by atoms with Crippen molar-refractivity contribution < 1.29 is 9.53 Å². The number of amides is 1. The molecule has 2 N–H and O–H groups in total. The molecule has 0 aliphatic rings. The van der Waals surface area contributed by atoms with Crippen LogP contribution >= 0.6 is 12.2 Å². The van der Waals surface area contributed by atoms with Crippen molar-refractivity contribution in [2.24, 2.45) is 0 Å². The van der Waals surface area contributed by atoms with E-state index in [0.29, 0.717) is 11.3 Å². The number of anilines is 1. The van der Waals surface area contributed by atoms with Gasteiger partial charge in [-0.15, -0.1) is 10.2 Å². The van der Waals surface area contributed by atoms with E-state index >= 15 is 0 Å². The standard InChI is InChI=1S/C25H25N5O2S/c1-5-17-9-11-18(12-10-17)30-28-21-13-16(3)20(14-22(21)29-30)26-25(33)27-24(31)19-8-6-7-15(2)23(19)32-4/h6-14H,5H2,1-4H3,(H2,26,27,31,33). The van der Waals surface area contributed by atoms with Crippen LogP contribution in [0.15, 0.2) is 54.6 Å². The Morgan fingerprint density at radius 3 is 2.39 bits per heavy atom. The molecule has 0 saturated heterocycles. The molecule has 1 heterocycles. The van der Waals surface area contributed by atoms with Gasteiger partial charge in [0.25, 0.3) is 5.91 Å². The molecule has 0 atom stereocenters. The van der Waals surface area contributed by atoms with Gasteiger partial charge in [-0.1, -0.05) is 31.2 Å². The summed E-state index contributed by atoms with van der Waals surface area (Å²) in [6.45, 7) is 5.96. The Hall–Kier alpha value is -3.78. The molecule has 0 radical (unpaired) electrons. The number of aryl methyl sites for hydroxylation is 3. The molecule has 0 fully saturated rings. The van der Waals surface area contributed by atoms with Crippen LogP contribution in [0.2, 0.25) is 0 Å². The molecule has 1 amide bonds. The quantitative estimate of drug-likeness (QED) is 0.420. The number of methoxy groups -OCH3 is 1. The summed E-state index contributed by atoms with van der Waals surface area (Å²) < 4.78 is 5.37. The lowest BCUT2D eigenvalue weighted by Gasteiger charge is -2.14. The number of ether oxygens (including phenoxy) is 1. The lowest BCUT2D eigenvalue weighted by Crippen LogP contribution is -2.34. The summed E-state index contributed by atoms with van der Waals surface area (Å²) in [6, 6.07) is 17.4. The normalized spacial score (nSPS) is 10.8. The predicted octanol–water partition coefficient (Wildman–Crippen LogP) is 4.74. The second kappa shape index (κ2) is 9.38. The van der Waals surface area contributed by atoms with Crippen LogP contribution in [0.3, 0.4) is 0 Å².